The standard InChI is InChI=1S/C19H25FN2O3S/c1-22(2)13-15-7-9-18(10-8-15)26(24,25)21-12-16(14-23)11-17-5-3-4-6-19(17)20/h3-10,16,21,23H,11-14H2,1-2H3. The summed E-state index contributed by atoms with van der Waals surface area (Å²) in [6, 6.07) is 13.0. The zero-order chi connectivity index (χ0) is 19.2. The third-order valence-electron chi connectivity index (χ3n) is 4.02. The van der Waals surface area contributed by atoms with Crippen LogP contribution in [-0.4, -0.2) is 45.7 Å². The fraction of sp³-hybridized carbons (Fsp3) is 0.368. The van der Waals surface area contributed by atoms with E-state index < -0.39 is 15.9 Å². The number of hydrogen-bond acceptors (Lipinski definition) is 4. The number of nitrogens with zero attached hydrogens (tertiary/aromatic N) is 1. The molecule has 0 aliphatic carbocycles. The Morgan fingerprint density at radius 2 is 1.77 bits per heavy atom. The average molecular weight is 380 g/mol. The molecular formula is C19H25FN2O3S. The third-order valence-corrected chi connectivity index (χ3v) is 5.46. The minimum atomic E-state index is -3.68. The van der Waals surface area contributed by atoms with Crippen molar-refractivity contribution in [1.29, 1.82) is 0 Å². The molecule has 0 aliphatic heterocycles. The number of halogens is 1. The fourth-order valence-corrected chi connectivity index (χ4v) is 3.74. The van der Waals surface area contributed by atoms with Gasteiger partial charge in [-0.05, 0) is 55.8 Å². The van der Waals surface area contributed by atoms with Crippen molar-refractivity contribution < 1.29 is 17.9 Å². The monoisotopic (exact) mass is 380 g/mol. The molecule has 26 heavy (non-hydrogen) atoms. The molecular weight excluding hydrogens is 355 g/mol. The van der Waals surface area contributed by atoms with Crippen LogP contribution in [0, 0.1) is 11.7 Å². The molecule has 0 radical (unpaired) electrons. The average Bonchev–Trinajstić information content (AvgIpc) is 2.60. The molecule has 0 spiro atoms. The van der Waals surface area contributed by atoms with Gasteiger partial charge in [-0.2, -0.15) is 0 Å². The fourth-order valence-electron chi connectivity index (χ4n) is 2.63. The highest BCUT2D eigenvalue weighted by molar-refractivity contribution is 7.89. The van der Waals surface area contributed by atoms with E-state index in [0.717, 1.165) is 12.1 Å². The molecule has 0 saturated heterocycles. The zero-order valence-electron chi connectivity index (χ0n) is 15.0. The lowest BCUT2D eigenvalue weighted by molar-refractivity contribution is 0.226. The number of nitrogens with one attached hydrogen (secondary N) is 1. The first kappa shape index (κ1) is 20.5. The van der Waals surface area contributed by atoms with E-state index in [1.54, 1.807) is 42.5 Å². The van der Waals surface area contributed by atoms with E-state index in [1.807, 2.05) is 19.0 Å². The summed E-state index contributed by atoms with van der Waals surface area (Å²) in [5.74, 6) is -0.764. The van der Waals surface area contributed by atoms with E-state index in [9.17, 15) is 17.9 Å². The second-order valence-corrected chi connectivity index (χ2v) is 8.34. The Hall–Kier alpha value is -1.80. The van der Waals surface area contributed by atoms with Gasteiger partial charge in [0.15, 0.2) is 0 Å². The Labute approximate surface area is 154 Å². The van der Waals surface area contributed by atoms with Crippen molar-refractivity contribution in [3.05, 3.63) is 65.5 Å². The summed E-state index contributed by atoms with van der Waals surface area (Å²) >= 11 is 0. The molecule has 0 heterocycles. The van der Waals surface area contributed by atoms with Crippen LogP contribution >= 0.6 is 0 Å². The summed E-state index contributed by atoms with van der Waals surface area (Å²) < 4.78 is 41.1. The first-order chi connectivity index (χ1) is 12.3. The van der Waals surface area contributed by atoms with Crippen LogP contribution in [0.5, 0.6) is 0 Å². The molecule has 0 aromatic heterocycles. The summed E-state index contributed by atoms with van der Waals surface area (Å²) in [6.45, 7) is 0.522. The van der Waals surface area contributed by atoms with Crippen molar-refractivity contribution in [2.24, 2.45) is 5.92 Å². The maximum absolute atomic E-state index is 13.7. The van der Waals surface area contributed by atoms with E-state index in [0.29, 0.717) is 5.56 Å². The van der Waals surface area contributed by atoms with Gasteiger partial charge in [-0.15, -0.1) is 0 Å². The molecule has 2 aromatic rings. The van der Waals surface area contributed by atoms with Crippen molar-refractivity contribution in [3.63, 3.8) is 0 Å². The van der Waals surface area contributed by atoms with Crippen molar-refractivity contribution in [2.45, 2.75) is 17.9 Å². The van der Waals surface area contributed by atoms with Crippen molar-refractivity contribution in [1.82, 2.24) is 9.62 Å². The molecule has 1 atom stereocenters. The first-order valence-corrected chi connectivity index (χ1v) is 9.87. The van der Waals surface area contributed by atoms with Crippen LogP contribution in [0.2, 0.25) is 0 Å². The lowest BCUT2D eigenvalue weighted by Gasteiger charge is -2.16. The van der Waals surface area contributed by atoms with Crippen molar-refractivity contribution >= 4 is 10.0 Å². The molecule has 0 fully saturated rings. The number of sulfonamides is 1. The highest BCUT2D eigenvalue weighted by atomic mass is 32.2. The SMILES string of the molecule is CN(C)Cc1ccc(S(=O)(=O)NCC(CO)Cc2ccccc2F)cc1. The van der Waals surface area contributed by atoms with Gasteiger partial charge in [-0.1, -0.05) is 30.3 Å². The molecule has 0 saturated carbocycles. The number of rotatable bonds is 9. The van der Waals surface area contributed by atoms with Crippen LogP contribution in [0.1, 0.15) is 11.1 Å². The minimum Gasteiger partial charge on any atom is -0.396 e. The van der Waals surface area contributed by atoms with E-state index >= 15 is 0 Å². The Morgan fingerprint density at radius 1 is 1.12 bits per heavy atom. The molecule has 0 amide bonds. The highest BCUT2D eigenvalue weighted by Crippen LogP contribution is 2.15. The Kier molecular flexibility index (Phi) is 7.28. The van der Waals surface area contributed by atoms with Gasteiger partial charge in [0.25, 0.3) is 0 Å². The number of benzene rings is 2. The second-order valence-electron chi connectivity index (χ2n) is 6.58. The first-order valence-electron chi connectivity index (χ1n) is 8.39. The number of aliphatic hydroxyl groups excluding tert-OH is 1. The lowest BCUT2D eigenvalue weighted by Crippen LogP contribution is -2.32. The predicted octanol–water partition coefficient (Wildman–Crippen LogP) is 2.02. The molecule has 0 aliphatic rings. The molecule has 1 unspecified atom stereocenters. The van der Waals surface area contributed by atoms with Gasteiger partial charge in [0.1, 0.15) is 5.82 Å². The van der Waals surface area contributed by atoms with Crippen LogP contribution < -0.4 is 4.72 Å². The summed E-state index contributed by atoms with van der Waals surface area (Å²) in [5.41, 5.74) is 1.47. The third kappa shape index (κ3) is 5.88. The van der Waals surface area contributed by atoms with Crippen molar-refractivity contribution in [3.8, 4) is 0 Å². The van der Waals surface area contributed by atoms with Crippen LogP contribution in [0.4, 0.5) is 4.39 Å². The maximum atomic E-state index is 13.7. The lowest BCUT2D eigenvalue weighted by atomic mass is 10.00. The van der Waals surface area contributed by atoms with Gasteiger partial charge in [-0.3, -0.25) is 0 Å². The summed E-state index contributed by atoms with van der Waals surface area (Å²) in [6.07, 6.45) is 0.257. The predicted molar refractivity (Wildman–Crippen MR) is 99.7 cm³/mol. The molecule has 2 aromatic carbocycles. The van der Waals surface area contributed by atoms with Gasteiger partial charge >= 0.3 is 0 Å². The van der Waals surface area contributed by atoms with Gasteiger partial charge in [0.05, 0.1) is 4.90 Å². The quantitative estimate of drug-likeness (QED) is 0.698. The van der Waals surface area contributed by atoms with Crippen molar-refractivity contribution in [2.75, 3.05) is 27.2 Å². The highest BCUT2D eigenvalue weighted by Gasteiger charge is 2.18. The van der Waals surface area contributed by atoms with Gasteiger partial charge in [-0.25, -0.2) is 17.5 Å². The Bertz CT molecular complexity index is 808. The normalized spacial score (nSPS) is 13.1. The van der Waals surface area contributed by atoms with Crippen LogP contribution in [0.3, 0.4) is 0 Å². The number of aliphatic hydroxyl groups is 1. The Balaban J connectivity index is 2.00. The molecule has 2 N–H and O–H groups in total. The largest absolute Gasteiger partial charge is 0.396 e. The Morgan fingerprint density at radius 3 is 2.35 bits per heavy atom. The van der Waals surface area contributed by atoms with Gasteiger partial charge in [0, 0.05) is 19.7 Å². The second kappa shape index (κ2) is 9.23. The van der Waals surface area contributed by atoms with E-state index in [4.69, 9.17) is 0 Å². The van der Waals surface area contributed by atoms with Crippen LogP contribution in [0.15, 0.2) is 53.4 Å². The van der Waals surface area contributed by atoms with E-state index in [1.165, 1.54) is 6.07 Å². The van der Waals surface area contributed by atoms with Gasteiger partial charge < -0.3 is 10.0 Å². The zero-order valence-corrected chi connectivity index (χ0v) is 15.8. The van der Waals surface area contributed by atoms with Gasteiger partial charge in [0.2, 0.25) is 10.0 Å². The molecule has 2 rings (SSSR count). The van der Waals surface area contributed by atoms with Crippen LogP contribution in [0.25, 0.3) is 0 Å². The topological polar surface area (TPSA) is 69.6 Å². The summed E-state index contributed by atoms with van der Waals surface area (Å²) in [7, 11) is 0.201. The minimum absolute atomic E-state index is 0.0343. The summed E-state index contributed by atoms with van der Waals surface area (Å²) in [5, 5.41) is 9.50. The summed E-state index contributed by atoms with van der Waals surface area (Å²) in [4.78, 5) is 2.17. The molecule has 7 heteroatoms. The maximum Gasteiger partial charge on any atom is 0.240 e. The van der Waals surface area contributed by atoms with E-state index in [-0.39, 0.29) is 30.3 Å². The smallest absolute Gasteiger partial charge is 0.240 e. The van der Waals surface area contributed by atoms with Crippen LogP contribution in [-0.2, 0) is 23.0 Å². The molecule has 142 valence electrons. The molecule has 0 bridgehead atoms. The number of hydrogen-bond donors (Lipinski definition) is 2. The van der Waals surface area contributed by atoms with E-state index in [2.05, 4.69) is 4.72 Å². The molecule has 5 nitrogen and oxygen atoms in total.